The Labute approximate surface area is 84.3 Å². The van der Waals surface area contributed by atoms with E-state index in [-0.39, 0.29) is 35.7 Å². The summed E-state index contributed by atoms with van der Waals surface area (Å²) in [5.41, 5.74) is 0. The minimum absolute atomic E-state index is 0. The van der Waals surface area contributed by atoms with Gasteiger partial charge in [-0.05, 0) is 0 Å². The minimum Gasteiger partial charge on any atom is -0.790 e. The molecular formula is H4NNaO7P2-2. The summed E-state index contributed by atoms with van der Waals surface area (Å²) in [6.45, 7) is 0. The summed E-state index contributed by atoms with van der Waals surface area (Å²) in [5, 5.41) is 0. The first-order valence-corrected chi connectivity index (χ1v) is 4.38. The Hall–Kier alpha value is 1.22. The van der Waals surface area contributed by atoms with Crippen LogP contribution in [0.15, 0.2) is 0 Å². The monoisotopic (exact) mass is 215 g/mol. The second-order valence-corrected chi connectivity index (χ2v) is 3.42. The van der Waals surface area contributed by atoms with Gasteiger partial charge in [0.25, 0.3) is 0 Å². The molecule has 8 nitrogen and oxygen atoms in total. The molecule has 0 fully saturated rings. The van der Waals surface area contributed by atoms with Gasteiger partial charge in [0.1, 0.15) is 0 Å². The summed E-state index contributed by atoms with van der Waals surface area (Å²) in [6, 6.07) is 0. The van der Waals surface area contributed by atoms with E-state index in [1.54, 1.807) is 0 Å². The molecule has 0 bridgehead atoms. The van der Waals surface area contributed by atoms with Crippen LogP contribution in [-0.4, -0.2) is 0 Å². The molecule has 0 saturated carbocycles. The smallest absolute Gasteiger partial charge is 0.790 e. The van der Waals surface area contributed by atoms with Gasteiger partial charge < -0.3 is 39.2 Å². The molecule has 0 aromatic heterocycles. The number of phosphoric acid groups is 2. The summed E-state index contributed by atoms with van der Waals surface area (Å²) in [5.74, 6) is 0. The Morgan fingerprint density at radius 3 is 1.09 bits per heavy atom. The van der Waals surface area contributed by atoms with Crippen LogP contribution in [0, 0.1) is 0 Å². The molecular weight excluding hydrogens is 211 g/mol. The van der Waals surface area contributed by atoms with E-state index in [0.717, 1.165) is 0 Å². The van der Waals surface area contributed by atoms with Gasteiger partial charge >= 0.3 is 29.6 Å². The van der Waals surface area contributed by atoms with Crippen molar-refractivity contribution in [1.29, 1.82) is 0 Å². The quantitative estimate of drug-likeness (QED) is 0.352. The van der Waals surface area contributed by atoms with Crippen LogP contribution in [0.25, 0.3) is 0 Å². The predicted molar refractivity (Wildman–Crippen MR) is 22.3 cm³/mol. The number of hydrogen-bond acceptors (Lipinski definition) is 7. The maximum absolute atomic E-state index is 9.32. The minimum atomic E-state index is -5.68. The molecule has 0 saturated heterocycles. The zero-order valence-electron chi connectivity index (χ0n) is 5.75. The predicted octanol–water partition coefficient (Wildman–Crippen LogP) is -5.96. The van der Waals surface area contributed by atoms with E-state index in [2.05, 4.69) is 4.31 Å². The van der Waals surface area contributed by atoms with Crippen molar-refractivity contribution in [2.45, 2.75) is 0 Å². The van der Waals surface area contributed by atoms with Gasteiger partial charge in [-0.15, -0.1) is 0 Å². The molecule has 4 N–H and O–H groups in total. The van der Waals surface area contributed by atoms with Gasteiger partial charge in [-0.2, -0.15) is 0 Å². The molecule has 0 rings (SSSR count). The molecule has 0 unspecified atom stereocenters. The molecule has 0 aromatic carbocycles. The molecule has 0 radical (unpaired) electrons. The fraction of sp³-hybridized carbons (Fsp3) is 0. The molecule has 0 amide bonds. The van der Waals surface area contributed by atoms with Crippen LogP contribution >= 0.6 is 15.6 Å². The molecule has 0 aliphatic carbocycles. The van der Waals surface area contributed by atoms with Gasteiger partial charge in [0.2, 0.25) is 0 Å². The average molecular weight is 215 g/mol. The van der Waals surface area contributed by atoms with E-state index < -0.39 is 15.6 Å². The molecule has 0 spiro atoms. The summed E-state index contributed by atoms with van der Waals surface area (Å²) < 4.78 is 21.2. The van der Waals surface area contributed by atoms with E-state index >= 15 is 0 Å². The van der Waals surface area contributed by atoms with Crippen molar-refractivity contribution in [3.05, 3.63) is 0 Å². The van der Waals surface area contributed by atoms with E-state index in [4.69, 9.17) is 0 Å². The van der Waals surface area contributed by atoms with Crippen molar-refractivity contribution >= 4 is 15.6 Å². The van der Waals surface area contributed by atoms with Crippen LogP contribution in [0.1, 0.15) is 0 Å². The Bertz CT molecular complexity index is 157. The first kappa shape index (κ1) is 18.1. The normalized spacial score (nSPS) is 11.3. The van der Waals surface area contributed by atoms with Crippen LogP contribution in [-0.2, 0) is 13.4 Å². The Morgan fingerprint density at radius 1 is 0.909 bits per heavy atom. The molecule has 64 valence electrons. The first-order chi connectivity index (χ1) is 3.71. The van der Waals surface area contributed by atoms with Crippen LogP contribution in [0.4, 0.5) is 0 Å². The van der Waals surface area contributed by atoms with Gasteiger partial charge in [-0.25, -0.2) is 0 Å². The second-order valence-electron chi connectivity index (χ2n) is 0.976. The summed E-state index contributed by atoms with van der Waals surface area (Å²) in [7, 11) is -11.4. The number of quaternary nitrogens is 1. The zero-order valence-corrected chi connectivity index (χ0v) is 9.54. The van der Waals surface area contributed by atoms with Gasteiger partial charge in [0.15, 0.2) is 0 Å². The maximum atomic E-state index is 9.32. The molecule has 0 aliphatic heterocycles. The largest absolute Gasteiger partial charge is 1.00 e. The van der Waals surface area contributed by atoms with Crippen molar-refractivity contribution in [2.75, 3.05) is 0 Å². The molecule has 0 heterocycles. The van der Waals surface area contributed by atoms with Crippen LogP contribution in [0.3, 0.4) is 0 Å². The van der Waals surface area contributed by atoms with Crippen molar-refractivity contribution in [3.8, 4) is 0 Å². The number of hydrogen-bond donors (Lipinski definition) is 1. The van der Waals surface area contributed by atoms with E-state index in [1.165, 1.54) is 0 Å². The summed E-state index contributed by atoms with van der Waals surface area (Å²) in [4.78, 5) is 37.3. The van der Waals surface area contributed by atoms with E-state index in [9.17, 15) is 28.7 Å². The average Bonchev–Trinajstić information content (AvgIpc) is 1.14. The van der Waals surface area contributed by atoms with Gasteiger partial charge in [0.05, 0.1) is 15.6 Å². The third-order valence-corrected chi connectivity index (χ3v) is 1.80. The van der Waals surface area contributed by atoms with Crippen LogP contribution in [0.5, 0.6) is 0 Å². The molecule has 0 aromatic rings. The Morgan fingerprint density at radius 2 is 1.09 bits per heavy atom. The topological polar surface area (TPSA) is 172 Å². The number of rotatable bonds is 2. The fourth-order valence-corrected chi connectivity index (χ4v) is 1.10. The van der Waals surface area contributed by atoms with Gasteiger partial charge in [0, 0.05) is 0 Å². The van der Waals surface area contributed by atoms with E-state index in [0.29, 0.717) is 0 Å². The first-order valence-electron chi connectivity index (χ1n) is 1.46. The fourth-order valence-electron chi connectivity index (χ4n) is 0.122. The van der Waals surface area contributed by atoms with Gasteiger partial charge in [-0.3, -0.25) is 0 Å². The molecule has 0 atom stereocenters. The maximum Gasteiger partial charge on any atom is 1.00 e. The van der Waals surface area contributed by atoms with Crippen molar-refractivity contribution in [3.63, 3.8) is 0 Å². The second kappa shape index (κ2) is 5.80. The van der Waals surface area contributed by atoms with Gasteiger partial charge in [-0.1, -0.05) is 0 Å². The Balaban J connectivity index is -0.000000320. The molecule has 11 heavy (non-hydrogen) atoms. The molecule has 0 aliphatic rings. The SMILES string of the molecule is O=P([O-])([O-])OP(=O)([O-])[O-].[NH4+].[Na+]. The Kier molecular flexibility index (Phi) is 9.53. The summed E-state index contributed by atoms with van der Waals surface area (Å²) >= 11 is 0. The van der Waals surface area contributed by atoms with Crippen molar-refractivity contribution in [2.24, 2.45) is 0 Å². The standard InChI is InChI=1S/H3N.Na.H4O7P2/c;;1-8(2,3)7-9(4,5)6/h1H3;;(H2,1,2,3)(H2,4,5,6)/q;+1;/p-3. The van der Waals surface area contributed by atoms with Crippen LogP contribution < -0.4 is 55.3 Å². The van der Waals surface area contributed by atoms with E-state index in [1.807, 2.05) is 0 Å². The van der Waals surface area contributed by atoms with Crippen molar-refractivity contribution < 1.29 is 62.6 Å². The third-order valence-electron chi connectivity index (χ3n) is 0.200. The zero-order chi connectivity index (χ0) is 7.71. The van der Waals surface area contributed by atoms with Crippen molar-refractivity contribution in [1.82, 2.24) is 6.15 Å². The summed E-state index contributed by atoms with van der Waals surface area (Å²) in [6.07, 6.45) is 0. The molecule has 11 heteroatoms. The van der Waals surface area contributed by atoms with Crippen LogP contribution in [0.2, 0.25) is 0 Å². The third kappa shape index (κ3) is 18.3.